The highest BCUT2D eigenvalue weighted by Crippen LogP contribution is 2.61. The Kier molecular flexibility index (Phi) is 3.34. The van der Waals surface area contributed by atoms with Gasteiger partial charge in [-0.3, -0.25) is 4.79 Å². The maximum absolute atomic E-state index is 10.8. The Morgan fingerprint density at radius 1 is 1.26 bits per heavy atom. The average Bonchev–Trinajstić information content (AvgIpc) is 2.33. The summed E-state index contributed by atoms with van der Waals surface area (Å²) < 4.78 is 0. The first kappa shape index (κ1) is 13.4. The Bertz CT molecular complexity index is 334. The van der Waals surface area contributed by atoms with E-state index in [1.807, 2.05) is 0 Å². The van der Waals surface area contributed by atoms with Crippen molar-refractivity contribution in [3.8, 4) is 0 Å². The van der Waals surface area contributed by atoms with Gasteiger partial charge in [-0.15, -0.1) is 0 Å². The van der Waals surface area contributed by atoms with Crippen LogP contribution in [0.3, 0.4) is 0 Å². The standard InChI is InChI=1S/C15H26N2O2/c1-9(17-8-13(16)14(18)19)15-5-10-2-11(6-15)4-12(3-10)7-15/h9-13,17H,2-8,16H2,1H3,(H,18,19). The van der Waals surface area contributed by atoms with Gasteiger partial charge in [0.1, 0.15) is 6.04 Å². The topological polar surface area (TPSA) is 75.3 Å². The Labute approximate surface area is 115 Å². The van der Waals surface area contributed by atoms with Crippen LogP contribution in [-0.2, 0) is 4.79 Å². The number of nitrogens with one attached hydrogen (secondary N) is 1. The highest BCUT2D eigenvalue weighted by atomic mass is 16.4. The lowest BCUT2D eigenvalue weighted by molar-refractivity contribution is -0.138. The van der Waals surface area contributed by atoms with Gasteiger partial charge in [-0.2, -0.15) is 0 Å². The SMILES string of the molecule is CC(NCC(N)C(=O)O)C12CC3CC(CC(C3)C1)C2. The molecule has 4 fully saturated rings. The van der Waals surface area contributed by atoms with Crippen molar-refractivity contribution in [2.24, 2.45) is 28.9 Å². The van der Waals surface area contributed by atoms with E-state index in [1.165, 1.54) is 38.5 Å². The summed E-state index contributed by atoms with van der Waals surface area (Å²) >= 11 is 0. The van der Waals surface area contributed by atoms with Gasteiger partial charge in [0.15, 0.2) is 0 Å². The van der Waals surface area contributed by atoms with Gasteiger partial charge in [-0.1, -0.05) is 0 Å². The van der Waals surface area contributed by atoms with E-state index >= 15 is 0 Å². The second-order valence-electron chi connectivity index (χ2n) is 7.35. The van der Waals surface area contributed by atoms with Crippen LogP contribution in [0.15, 0.2) is 0 Å². The first-order valence-corrected chi connectivity index (χ1v) is 7.70. The number of hydrogen-bond donors (Lipinski definition) is 3. The third kappa shape index (κ3) is 2.40. The Morgan fingerprint density at radius 2 is 1.74 bits per heavy atom. The van der Waals surface area contributed by atoms with E-state index in [0.29, 0.717) is 18.0 Å². The number of nitrogens with two attached hydrogens (primary N) is 1. The first-order chi connectivity index (χ1) is 8.98. The van der Waals surface area contributed by atoms with Gasteiger partial charge in [0.05, 0.1) is 0 Å². The van der Waals surface area contributed by atoms with E-state index in [4.69, 9.17) is 10.8 Å². The van der Waals surface area contributed by atoms with Crippen molar-refractivity contribution in [2.75, 3.05) is 6.54 Å². The summed E-state index contributed by atoms with van der Waals surface area (Å²) in [5, 5.41) is 12.3. The highest BCUT2D eigenvalue weighted by Gasteiger charge is 2.52. The van der Waals surface area contributed by atoms with Crippen molar-refractivity contribution >= 4 is 5.97 Å². The minimum Gasteiger partial charge on any atom is -0.480 e. The largest absolute Gasteiger partial charge is 0.480 e. The molecule has 0 radical (unpaired) electrons. The predicted molar refractivity (Wildman–Crippen MR) is 73.7 cm³/mol. The molecule has 4 N–H and O–H groups in total. The summed E-state index contributed by atoms with van der Waals surface area (Å²) in [5.41, 5.74) is 6.02. The van der Waals surface area contributed by atoms with Crippen LogP contribution in [0.25, 0.3) is 0 Å². The normalized spacial score (nSPS) is 43.2. The lowest BCUT2D eigenvalue weighted by atomic mass is 9.48. The van der Waals surface area contributed by atoms with Crippen molar-refractivity contribution in [3.05, 3.63) is 0 Å². The number of rotatable bonds is 5. The summed E-state index contributed by atoms with van der Waals surface area (Å²) in [6.07, 6.45) is 8.36. The van der Waals surface area contributed by atoms with Crippen LogP contribution in [0, 0.1) is 23.2 Å². The highest BCUT2D eigenvalue weighted by molar-refractivity contribution is 5.73. The molecule has 0 aromatic heterocycles. The third-order valence-corrected chi connectivity index (χ3v) is 5.97. The molecule has 0 aromatic carbocycles. The van der Waals surface area contributed by atoms with Gasteiger partial charge in [-0.05, 0) is 68.6 Å². The minimum absolute atomic E-state index is 0.387. The predicted octanol–water partition coefficient (Wildman–Crippen LogP) is 1.59. The molecule has 4 heteroatoms. The van der Waals surface area contributed by atoms with Crippen LogP contribution in [0.5, 0.6) is 0 Å². The Hall–Kier alpha value is -0.610. The maximum Gasteiger partial charge on any atom is 0.321 e. The van der Waals surface area contributed by atoms with Crippen molar-refractivity contribution in [2.45, 2.75) is 57.5 Å². The van der Waals surface area contributed by atoms with E-state index in [2.05, 4.69) is 12.2 Å². The van der Waals surface area contributed by atoms with E-state index in [1.54, 1.807) is 0 Å². The summed E-state index contributed by atoms with van der Waals surface area (Å²) in [4.78, 5) is 10.8. The zero-order valence-electron chi connectivity index (χ0n) is 11.8. The lowest BCUT2D eigenvalue weighted by Gasteiger charge is -2.59. The molecule has 4 aliphatic rings. The summed E-state index contributed by atoms with van der Waals surface area (Å²) in [6, 6.07) is -0.386. The fourth-order valence-corrected chi connectivity index (χ4v) is 5.32. The van der Waals surface area contributed by atoms with Gasteiger partial charge in [-0.25, -0.2) is 0 Å². The number of carbonyl (C=O) groups is 1. The smallest absolute Gasteiger partial charge is 0.321 e. The molecule has 2 atom stereocenters. The monoisotopic (exact) mass is 266 g/mol. The fourth-order valence-electron chi connectivity index (χ4n) is 5.32. The molecule has 19 heavy (non-hydrogen) atoms. The van der Waals surface area contributed by atoms with Crippen molar-refractivity contribution < 1.29 is 9.90 Å². The molecule has 0 aromatic rings. The molecule has 4 rings (SSSR count). The van der Waals surface area contributed by atoms with Crippen LogP contribution >= 0.6 is 0 Å². The van der Waals surface area contributed by atoms with Gasteiger partial charge in [0.2, 0.25) is 0 Å². The zero-order chi connectivity index (χ0) is 13.6. The van der Waals surface area contributed by atoms with Gasteiger partial charge >= 0.3 is 5.97 Å². The molecule has 108 valence electrons. The number of carboxylic acids is 1. The summed E-state index contributed by atoms with van der Waals surface area (Å²) in [6.45, 7) is 2.62. The maximum atomic E-state index is 10.8. The van der Waals surface area contributed by atoms with Gasteiger partial charge in [0.25, 0.3) is 0 Å². The lowest BCUT2D eigenvalue weighted by Crippen LogP contribution is -2.56. The quantitative estimate of drug-likeness (QED) is 0.706. The zero-order valence-corrected chi connectivity index (χ0v) is 11.8. The summed E-state index contributed by atoms with van der Waals surface area (Å²) in [7, 11) is 0. The fraction of sp³-hybridized carbons (Fsp3) is 0.933. The van der Waals surface area contributed by atoms with Crippen molar-refractivity contribution in [1.29, 1.82) is 0 Å². The molecular formula is C15H26N2O2. The van der Waals surface area contributed by atoms with E-state index < -0.39 is 12.0 Å². The van der Waals surface area contributed by atoms with Crippen molar-refractivity contribution in [3.63, 3.8) is 0 Å². The van der Waals surface area contributed by atoms with E-state index in [9.17, 15) is 4.79 Å². The molecule has 2 unspecified atom stereocenters. The minimum atomic E-state index is -0.912. The molecule has 4 saturated carbocycles. The number of aliphatic carboxylic acids is 1. The number of carboxylic acid groups (broad SMARTS) is 1. The van der Waals surface area contributed by atoms with Gasteiger partial charge in [0, 0.05) is 12.6 Å². The molecule has 0 amide bonds. The van der Waals surface area contributed by atoms with Crippen LogP contribution < -0.4 is 11.1 Å². The molecule has 0 spiro atoms. The average molecular weight is 266 g/mol. The van der Waals surface area contributed by atoms with Gasteiger partial charge < -0.3 is 16.2 Å². The molecule has 4 nitrogen and oxygen atoms in total. The van der Waals surface area contributed by atoms with Crippen molar-refractivity contribution in [1.82, 2.24) is 5.32 Å². The molecule has 4 aliphatic carbocycles. The van der Waals surface area contributed by atoms with Crippen LogP contribution in [0.2, 0.25) is 0 Å². The van der Waals surface area contributed by atoms with E-state index in [0.717, 1.165) is 17.8 Å². The second kappa shape index (κ2) is 4.74. The Balaban J connectivity index is 1.63. The molecular weight excluding hydrogens is 240 g/mol. The van der Waals surface area contributed by atoms with Crippen LogP contribution in [0.1, 0.15) is 45.4 Å². The molecule has 0 aliphatic heterocycles. The molecule has 4 bridgehead atoms. The van der Waals surface area contributed by atoms with Crippen LogP contribution in [-0.4, -0.2) is 29.7 Å². The first-order valence-electron chi connectivity index (χ1n) is 7.70. The van der Waals surface area contributed by atoms with Crippen LogP contribution in [0.4, 0.5) is 0 Å². The second-order valence-corrected chi connectivity index (χ2v) is 7.35. The third-order valence-electron chi connectivity index (χ3n) is 5.97. The number of hydrogen-bond acceptors (Lipinski definition) is 3. The Morgan fingerprint density at radius 3 is 2.16 bits per heavy atom. The molecule has 0 saturated heterocycles. The molecule has 0 heterocycles. The summed E-state index contributed by atoms with van der Waals surface area (Å²) in [5.74, 6) is 1.89. The van der Waals surface area contributed by atoms with E-state index in [-0.39, 0.29) is 0 Å².